The second kappa shape index (κ2) is 9.76. The molecule has 0 unspecified atom stereocenters. The molecule has 1 amide bonds. The van der Waals surface area contributed by atoms with Crippen LogP contribution >= 0.6 is 11.8 Å². The molecule has 3 aromatic carbocycles. The Hall–Kier alpha value is -3.05. The van der Waals surface area contributed by atoms with Crippen LogP contribution in [0.15, 0.2) is 95.9 Å². The standard InChI is InChI=1S/C23H21NO3S/c1-17(22(25)24-19-13-7-3-8-14-19)27-23(26)21(18-11-5-2-6-12-18)28-20-15-9-4-10-16-20/h2-17,21H,1H3,(H,24,25)/t17-,21-/m1/s1. The van der Waals surface area contributed by atoms with Crippen LogP contribution in [0.4, 0.5) is 5.69 Å². The molecule has 2 atom stereocenters. The Morgan fingerprint density at radius 3 is 1.96 bits per heavy atom. The molecule has 1 N–H and O–H groups in total. The second-order valence-electron chi connectivity index (χ2n) is 6.16. The highest BCUT2D eigenvalue weighted by Crippen LogP contribution is 2.36. The highest BCUT2D eigenvalue weighted by molar-refractivity contribution is 8.00. The van der Waals surface area contributed by atoms with Gasteiger partial charge in [0.25, 0.3) is 5.91 Å². The van der Waals surface area contributed by atoms with E-state index in [1.54, 1.807) is 19.1 Å². The maximum atomic E-state index is 12.9. The van der Waals surface area contributed by atoms with Gasteiger partial charge in [0, 0.05) is 10.6 Å². The monoisotopic (exact) mass is 391 g/mol. The normalized spacial score (nSPS) is 12.6. The number of amides is 1. The fourth-order valence-corrected chi connectivity index (χ4v) is 3.60. The fourth-order valence-electron chi connectivity index (χ4n) is 2.57. The average Bonchev–Trinajstić information content (AvgIpc) is 2.74. The summed E-state index contributed by atoms with van der Waals surface area (Å²) in [5, 5.41) is 2.19. The Balaban J connectivity index is 1.71. The lowest BCUT2D eigenvalue weighted by molar-refractivity contribution is -0.152. The van der Waals surface area contributed by atoms with E-state index < -0.39 is 17.3 Å². The van der Waals surface area contributed by atoms with Gasteiger partial charge in [-0.2, -0.15) is 0 Å². The van der Waals surface area contributed by atoms with Gasteiger partial charge in [-0.05, 0) is 36.8 Å². The van der Waals surface area contributed by atoms with Gasteiger partial charge in [-0.3, -0.25) is 9.59 Å². The predicted octanol–water partition coefficient (Wildman–Crippen LogP) is 5.09. The Morgan fingerprint density at radius 2 is 1.36 bits per heavy atom. The number of thioether (sulfide) groups is 1. The quantitative estimate of drug-likeness (QED) is 0.450. The van der Waals surface area contributed by atoms with Crippen molar-refractivity contribution in [3.05, 3.63) is 96.6 Å². The number of carbonyl (C=O) groups excluding carboxylic acids is 2. The molecular weight excluding hydrogens is 370 g/mol. The summed E-state index contributed by atoms with van der Waals surface area (Å²) in [6, 6.07) is 28.2. The van der Waals surface area contributed by atoms with Crippen LogP contribution in [-0.4, -0.2) is 18.0 Å². The summed E-state index contributed by atoms with van der Waals surface area (Å²) in [4.78, 5) is 26.2. The van der Waals surface area contributed by atoms with Gasteiger partial charge >= 0.3 is 5.97 Å². The minimum absolute atomic E-state index is 0.365. The van der Waals surface area contributed by atoms with E-state index in [1.165, 1.54) is 11.8 Å². The molecule has 0 heterocycles. The zero-order chi connectivity index (χ0) is 19.8. The number of ether oxygens (including phenoxy) is 1. The van der Waals surface area contributed by atoms with Crippen molar-refractivity contribution >= 4 is 29.3 Å². The lowest BCUT2D eigenvalue weighted by atomic mass is 10.1. The number of anilines is 1. The van der Waals surface area contributed by atoms with Crippen LogP contribution in [0.1, 0.15) is 17.7 Å². The van der Waals surface area contributed by atoms with Crippen molar-refractivity contribution in [3.8, 4) is 0 Å². The van der Waals surface area contributed by atoms with Crippen molar-refractivity contribution in [2.45, 2.75) is 23.2 Å². The lowest BCUT2D eigenvalue weighted by Crippen LogP contribution is -2.31. The molecule has 0 aliphatic carbocycles. The van der Waals surface area contributed by atoms with Crippen LogP contribution in [-0.2, 0) is 14.3 Å². The van der Waals surface area contributed by atoms with Crippen molar-refractivity contribution in [2.75, 3.05) is 5.32 Å². The van der Waals surface area contributed by atoms with Crippen molar-refractivity contribution in [2.24, 2.45) is 0 Å². The van der Waals surface area contributed by atoms with Crippen molar-refractivity contribution < 1.29 is 14.3 Å². The van der Waals surface area contributed by atoms with Crippen molar-refractivity contribution in [3.63, 3.8) is 0 Å². The first kappa shape index (κ1) is 19.7. The Bertz CT molecular complexity index is 901. The minimum atomic E-state index is -0.907. The molecule has 142 valence electrons. The van der Waals surface area contributed by atoms with Gasteiger partial charge in [0.15, 0.2) is 6.10 Å². The van der Waals surface area contributed by atoms with E-state index in [0.717, 1.165) is 10.5 Å². The molecule has 3 aromatic rings. The van der Waals surface area contributed by atoms with Crippen molar-refractivity contribution in [1.82, 2.24) is 0 Å². The van der Waals surface area contributed by atoms with Crippen LogP contribution in [0, 0.1) is 0 Å². The molecule has 0 spiro atoms. The number of esters is 1. The number of hydrogen-bond donors (Lipinski definition) is 1. The van der Waals surface area contributed by atoms with Crippen LogP contribution < -0.4 is 5.32 Å². The van der Waals surface area contributed by atoms with Gasteiger partial charge < -0.3 is 10.1 Å². The van der Waals surface area contributed by atoms with E-state index >= 15 is 0 Å². The highest BCUT2D eigenvalue weighted by Gasteiger charge is 2.27. The van der Waals surface area contributed by atoms with Crippen LogP contribution in [0.5, 0.6) is 0 Å². The van der Waals surface area contributed by atoms with E-state index in [-0.39, 0.29) is 5.91 Å². The first-order valence-electron chi connectivity index (χ1n) is 8.96. The fraction of sp³-hybridized carbons (Fsp3) is 0.130. The maximum absolute atomic E-state index is 12.9. The second-order valence-corrected chi connectivity index (χ2v) is 7.33. The van der Waals surface area contributed by atoms with Gasteiger partial charge in [0.05, 0.1) is 0 Å². The number of hydrogen-bond acceptors (Lipinski definition) is 4. The van der Waals surface area contributed by atoms with E-state index in [4.69, 9.17) is 4.74 Å². The maximum Gasteiger partial charge on any atom is 0.324 e. The zero-order valence-electron chi connectivity index (χ0n) is 15.4. The predicted molar refractivity (Wildman–Crippen MR) is 112 cm³/mol. The van der Waals surface area contributed by atoms with E-state index in [2.05, 4.69) is 5.32 Å². The molecule has 0 aliphatic rings. The Labute approximate surface area is 168 Å². The summed E-state index contributed by atoms with van der Waals surface area (Å²) < 4.78 is 5.50. The van der Waals surface area contributed by atoms with Crippen molar-refractivity contribution in [1.29, 1.82) is 0 Å². The molecule has 0 fully saturated rings. The minimum Gasteiger partial charge on any atom is -0.451 e. The van der Waals surface area contributed by atoms with E-state index in [1.807, 2.05) is 78.9 Å². The molecule has 5 heteroatoms. The topological polar surface area (TPSA) is 55.4 Å². The highest BCUT2D eigenvalue weighted by atomic mass is 32.2. The number of para-hydroxylation sites is 1. The first-order chi connectivity index (χ1) is 13.6. The summed E-state index contributed by atoms with van der Waals surface area (Å²) in [6.07, 6.45) is -0.907. The zero-order valence-corrected chi connectivity index (χ0v) is 16.3. The molecule has 4 nitrogen and oxygen atoms in total. The molecular formula is C23H21NO3S. The molecule has 0 bridgehead atoms. The van der Waals surface area contributed by atoms with Crippen LogP contribution in [0.3, 0.4) is 0 Å². The average molecular weight is 391 g/mol. The largest absolute Gasteiger partial charge is 0.451 e. The third-order valence-electron chi connectivity index (χ3n) is 4.02. The summed E-state index contributed by atoms with van der Waals surface area (Å²) >= 11 is 1.40. The molecule has 0 saturated heterocycles. The number of benzene rings is 3. The van der Waals surface area contributed by atoms with Crippen LogP contribution in [0.2, 0.25) is 0 Å². The van der Waals surface area contributed by atoms with Gasteiger partial charge in [0.2, 0.25) is 0 Å². The van der Waals surface area contributed by atoms with Gasteiger partial charge in [0.1, 0.15) is 5.25 Å². The number of rotatable bonds is 7. The number of carbonyl (C=O) groups is 2. The lowest BCUT2D eigenvalue weighted by Gasteiger charge is -2.19. The Morgan fingerprint density at radius 1 is 0.821 bits per heavy atom. The summed E-state index contributed by atoms with van der Waals surface area (Å²) in [7, 11) is 0. The third-order valence-corrected chi connectivity index (χ3v) is 5.26. The first-order valence-corrected chi connectivity index (χ1v) is 9.84. The SMILES string of the molecule is C[C@@H](OC(=O)[C@H](Sc1ccccc1)c1ccccc1)C(=O)Nc1ccccc1. The van der Waals surface area contributed by atoms with E-state index in [9.17, 15) is 9.59 Å². The molecule has 3 rings (SSSR count). The summed E-state index contributed by atoms with van der Waals surface area (Å²) in [5.74, 6) is -0.813. The molecule has 0 radical (unpaired) electrons. The van der Waals surface area contributed by atoms with Gasteiger partial charge in [-0.15, -0.1) is 11.8 Å². The van der Waals surface area contributed by atoms with Gasteiger partial charge in [-0.25, -0.2) is 0 Å². The summed E-state index contributed by atoms with van der Waals surface area (Å²) in [6.45, 7) is 1.57. The van der Waals surface area contributed by atoms with Gasteiger partial charge in [-0.1, -0.05) is 66.7 Å². The smallest absolute Gasteiger partial charge is 0.324 e. The Kier molecular flexibility index (Phi) is 6.87. The molecule has 0 saturated carbocycles. The molecule has 0 aliphatic heterocycles. The number of nitrogens with one attached hydrogen (secondary N) is 1. The third kappa shape index (κ3) is 5.47. The summed E-state index contributed by atoms with van der Waals surface area (Å²) in [5.41, 5.74) is 1.49. The molecule has 28 heavy (non-hydrogen) atoms. The van der Waals surface area contributed by atoms with Crippen LogP contribution in [0.25, 0.3) is 0 Å². The molecule has 0 aromatic heterocycles. The van der Waals surface area contributed by atoms with E-state index in [0.29, 0.717) is 5.69 Å².